The molecule has 0 aliphatic heterocycles. The van der Waals surface area contributed by atoms with Gasteiger partial charge >= 0.3 is 5.97 Å². The summed E-state index contributed by atoms with van der Waals surface area (Å²) in [4.78, 5) is 37.8. The van der Waals surface area contributed by atoms with Crippen LogP contribution in [0.4, 0.5) is 5.00 Å². The molecule has 1 fully saturated rings. The summed E-state index contributed by atoms with van der Waals surface area (Å²) in [6, 6.07) is 3.28. The standard InChI is InChI=1S/C19H22N2O5S/c1-3-25-19(24)14-11(2)15(17(23)20-12-7-4-5-8-12)27-18(14)21-16(22)13-9-6-10-26-13/h6,9-10,12H,3-5,7-8H2,1-2H3,(H,20,23)(H,21,22). The Bertz CT molecular complexity index is 835. The zero-order chi connectivity index (χ0) is 19.4. The van der Waals surface area contributed by atoms with Crippen LogP contribution in [0.3, 0.4) is 0 Å². The van der Waals surface area contributed by atoms with E-state index in [1.807, 2.05) is 0 Å². The van der Waals surface area contributed by atoms with Crippen molar-refractivity contribution in [2.24, 2.45) is 0 Å². The lowest BCUT2D eigenvalue weighted by molar-refractivity contribution is 0.0527. The summed E-state index contributed by atoms with van der Waals surface area (Å²) >= 11 is 1.07. The molecule has 3 rings (SSSR count). The van der Waals surface area contributed by atoms with Crippen LogP contribution in [-0.2, 0) is 4.74 Å². The van der Waals surface area contributed by atoms with E-state index in [-0.39, 0.29) is 34.9 Å². The number of carbonyl (C=O) groups excluding carboxylic acids is 3. The van der Waals surface area contributed by atoms with Gasteiger partial charge in [0.2, 0.25) is 0 Å². The number of esters is 1. The van der Waals surface area contributed by atoms with E-state index in [0.717, 1.165) is 37.0 Å². The lowest BCUT2D eigenvalue weighted by atomic mass is 10.1. The topological polar surface area (TPSA) is 97.6 Å². The molecule has 1 aliphatic carbocycles. The Morgan fingerprint density at radius 3 is 2.63 bits per heavy atom. The second-order valence-electron chi connectivity index (χ2n) is 6.37. The first-order valence-electron chi connectivity index (χ1n) is 8.97. The van der Waals surface area contributed by atoms with Gasteiger partial charge in [-0.05, 0) is 44.4 Å². The number of carbonyl (C=O) groups is 3. The molecule has 2 N–H and O–H groups in total. The summed E-state index contributed by atoms with van der Waals surface area (Å²) in [6.45, 7) is 3.59. The van der Waals surface area contributed by atoms with Gasteiger partial charge in [0.1, 0.15) is 5.00 Å². The number of hydrogen-bond donors (Lipinski definition) is 2. The number of anilines is 1. The molecule has 2 amide bonds. The average Bonchev–Trinajstić information content (AvgIpc) is 3.36. The Balaban J connectivity index is 1.89. The summed E-state index contributed by atoms with van der Waals surface area (Å²) < 4.78 is 10.2. The lowest BCUT2D eigenvalue weighted by Gasteiger charge is -2.11. The van der Waals surface area contributed by atoms with E-state index < -0.39 is 11.9 Å². The van der Waals surface area contributed by atoms with Gasteiger partial charge in [0.05, 0.1) is 23.3 Å². The molecule has 2 heterocycles. The number of thiophene rings is 1. The summed E-state index contributed by atoms with van der Waals surface area (Å²) in [7, 11) is 0. The molecule has 27 heavy (non-hydrogen) atoms. The van der Waals surface area contributed by atoms with E-state index in [1.54, 1.807) is 19.9 Å². The minimum absolute atomic E-state index is 0.118. The van der Waals surface area contributed by atoms with Gasteiger partial charge in [0.15, 0.2) is 5.76 Å². The molecule has 0 radical (unpaired) electrons. The lowest BCUT2D eigenvalue weighted by Crippen LogP contribution is -2.32. The maximum absolute atomic E-state index is 12.7. The predicted octanol–water partition coefficient (Wildman–Crippen LogP) is 3.75. The van der Waals surface area contributed by atoms with Crippen molar-refractivity contribution in [2.45, 2.75) is 45.6 Å². The molecule has 2 aromatic rings. The SMILES string of the molecule is CCOC(=O)c1c(NC(=O)c2ccco2)sc(C(=O)NC2CCCC2)c1C. The van der Waals surface area contributed by atoms with Crippen molar-refractivity contribution in [1.82, 2.24) is 5.32 Å². The molecule has 1 saturated carbocycles. The van der Waals surface area contributed by atoms with E-state index in [1.165, 1.54) is 12.3 Å². The highest BCUT2D eigenvalue weighted by Gasteiger charge is 2.28. The van der Waals surface area contributed by atoms with Crippen LogP contribution in [0.1, 0.15) is 68.8 Å². The largest absolute Gasteiger partial charge is 0.462 e. The maximum Gasteiger partial charge on any atom is 0.341 e. The first-order chi connectivity index (χ1) is 13.0. The molecule has 7 nitrogen and oxygen atoms in total. The molecule has 0 spiro atoms. The second-order valence-corrected chi connectivity index (χ2v) is 7.39. The Morgan fingerprint density at radius 1 is 1.26 bits per heavy atom. The highest BCUT2D eigenvalue weighted by molar-refractivity contribution is 7.18. The van der Waals surface area contributed by atoms with Crippen LogP contribution in [0.2, 0.25) is 0 Å². The van der Waals surface area contributed by atoms with Gasteiger partial charge in [0.25, 0.3) is 11.8 Å². The van der Waals surface area contributed by atoms with Gasteiger partial charge < -0.3 is 19.8 Å². The molecule has 1 aliphatic rings. The first kappa shape index (κ1) is 19.2. The van der Waals surface area contributed by atoms with Gasteiger partial charge in [-0.25, -0.2) is 4.79 Å². The molecule has 0 aromatic carbocycles. The van der Waals surface area contributed by atoms with Crippen LogP contribution in [0, 0.1) is 6.92 Å². The maximum atomic E-state index is 12.7. The quantitative estimate of drug-likeness (QED) is 0.732. The van der Waals surface area contributed by atoms with Gasteiger partial charge in [0, 0.05) is 6.04 Å². The van der Waals surface area contributed by atoms with Crippen molar-refractivity contribution in [1.29, 1.82) is 0 Å². The van der Waals surface area contributed by atoms with E-state index in [4.69, 9.17) is 9.15 Å². The van der Waals surface area contributed by atoms with E-state index in [0.29, 0.717) is 10.4 Å². The van der Waals surface area contributed by atoms with E-state index in [2.05, 4.69) is 10.6 Å². The number of amides is 2. The Labute approximate surface area is 161 Å². The first-order valence-corrected chi connectivity index (χ1v) is 9.79. The van der Waals surface area contributed by atoms with Crippen molar-refractivity contribution in [3.8, 4) is 0 Å². The van der Waals surface area contributed by atoms with Gasteiger partial charge in [-0.3, -0.25) is 9.59 Å². The molecule has 144 valence electrons. The van der Waals surface area contributed by atoms with Crippen molar-refractivity contribution < 1.29 is 23.5 Å². The van der Waals surface area contributed by atoms with Crippen molar-refractivity contribution in [2.75, 3.05) is 11.9 Å². The third-order valence-electron chi connectivity index (χ3n) is 4.49. The minimum atomic E-state index is -0.569. The molecular formula is C19H22N2O5S. The molecule has 0 unspecified atom stereocenters. The Hall–Kier alpha value is -2.61. The van der Waals surface area contributed by atoms with Crippen LogP contribution in [-0.4, -0.2) is 30.4 Å². The van der Waals surface area contributed by atoms with E-state index in [9.17, 15) is 14.4 Å². The van der Waals surface area contributed by atoms with Crippen LogP contribution in [0.25, 0.3) is 0 Å². The third kappa shape index (κ3) is 4.21. The third-order valence-corrected chi connectivity index (χ3v) is 5.70. The van der Waals surface area contributed by atoms with E-state index >= 15 is 0 Å². The molecule has 0 atom stereocenters. The molecule has 0 saturated heterocycles. The number of hydrogen-bond acceptors (Lipinski definition) is 6. The zero-order valence-corrected chi connectivity index (χ0v) is 16.1. The molecule has 2 aromatic heterocycles. The molecule has 8 heteroatoms. The monoisotopic (exact) mass is 390 g/mol. The summed E-state index contributed by atoms with van der Waals surface area (Å²) in [6.07, 6.45) is 5.52. The van der Waals surface area contributed by atoms with Gasteiger partial charge in [-0.2, -0.15) is 0 Å². The fourth-order valence-electron chi connectivity index (χ4n) is 3.16. The summed E-state index contributed by atoms with van der Waals surface area (Å²) in [5, 5.41) is 5.96. The number of furan rings is 1. The predicted molar refractivity (Wildman–Crippen MR) is 101 cm³/mol. The van der Waals surface area contributed by atoms with Crippen molar-refractivity contribution in [3.63, 3.8) is 0 Å². The number of ether oxygens (including phenoxy) is 1. The normalized spacial score (nSPS) is 14.1. The van der Waals surface area contributed by atoms with Crippen LogP contribution >= 0.6 is 11.3 Å². The highest BCUT2D eigenvalue weighted by atomic mass is 32.1. The Kier molecular flexibility index (Phi) is 5.95. The number of nitrogens with one attached hydrogen (secondary N) is 2. The van der Waals surface area contributed by atoms with Crippen LogP contribution in [0.15, 0.2) is 22.8 Å². The summed E-state index contributed by atoms with van der Waals surface area (Å²) in [5.74, 6) is -1.17. The molecular weight excluding hydrogens is 368 g/mol. The van der Waals surface area contributed by atoms with Gasteiger partial charge in [-0.1, -0.05) is 12.8 Å². The van der Waals surface area contributed by atoms with Crippen molar-refractivity contribution in [3.05, 3.63) is 40.2 Å². The minimum Gasteiger partial charge on any atom is -0.462 e. The zero-order valence-electron chi connectivity index (χ0n) is 15.3. The van der Waals surface area contributed by atoms with Crippen LogP contribution in [0.5, 0.6) is 0 Å². The van der Waals surface area contributed by atoms with Crippen LogP contribution < -0.4 is 10.6 Å². The fourth-order valence-corrected chi connectivity index (χ4v) is 4.25. The highest BCUT2D eigenvalue weighted by Crippen LogP contribution is 2.34. The van der Waals surface area contributed by atoms with Gasteiger partial charge in [-0.15, -0.1) is 11.3 Å². The fraction of sp³-hybridized carbons (Fsp3) is 0.421. The van der Waals surface area contributed by atoms with Crippen molar-refractivity contribution >= 4 is 34.1 Å². The second kappa shape index (κ2) is 8.39. The smallest absolute Gasteiger partial charge is 0.341 e. The Morgan fingerprint density at radius 2 is 2.00 bits per heavy atom. The summed E-state index contributed by atoms with van der Waals surface area (Å²) in [5.41, 5.74) is 0.710. The number of rotatable bonds is 6. The average molecular weight is 390 g/mol. The molecule has 0 bridgehead atoms.